The van der Waals surface area contributed by atoms with Crippen LogP contribution in [-0.4, -0.2) is 107 Å². The van der Waals surface area contributed by atoms with Crippen LogP contribution in [0.15, 0.2) is 11.6 Å². The monoisotopic (exact) mass is 657 g/mol. The van der Waals surface area contributed by atoms with E-state index in [2.05, 4.69) is 41.6 Å². The number of likely N-dealkylation sites (N-methyl/N-ethyl adjacent to an activating group) is 1. The number of nitrogens with one attached hydrogen (secondary N) is 4. The molecule has 6 unspecified atom stereocenters. The van der Waals surface area contributed by atoms with E-state index in [9.17, 15) is 19.2 Å². The molecule has 2 aliphatic carbocycles. The van der Waals surface area contributed by atoms with Gasteiger partial charge in [-0.15, -0.1) is 0 Å². The standard InChI is InChI=1S/C34H55N7O4S/c1-6-22(2)23(3)36-13-9-26-19-34(26,30(44)31-39(5)17-18-46-31)38-29(43)21-41-16-12-33(32(41)45)20-27(33)37-28(42)8-7-25-10-14-40(15-11-25)24(4)35/h17-18,22-23,25-27,31,35-36H,6-16,19-21H2,1-5H3,(H,37,42)(H,38,43)/t22?,23?,26?,27-,31?,33?,34?/m0/s1. The smallest absolute Gasteiger partial charge is 0.240 e. The molecule has 7 atom stereocenters. The van der Waals surface area contributed by atoms with Gasteiger partial charge in [-0.25, -0.2) is 0 Å². The maximum atomic E-state index is 13.8. The molecular formula is C34H55N7O4S. The number of thioether (sulfide) groups is 1. The molecular weight excluding hydrogens is 602 g/mol. The summed E-state index contributed by atoms with van der Waals surface area (Å²) in [6, 6.07) is 0.214. The second-order valence-corrected chi connectivity index (χ2v) is 15.6. The van der Waals surface area contributed by atoms with Gasteiger partial charge in [0.05, 0.1) is 17.8 Å². The molecule has 0 aromatic rings. The fourth-order valence-corrected chi connectivity index (χ4v) is 8.72. The second-order valence-electron chi connectivity index (χ2n) is 14.7. The summed E-state index contributed by atoms with van der Waals surface area (Å²) >= 11 is 1.47. The number of Topliss-reactive ketones (excluding diaryl/α,β-unsaturated/α-hetero) is 1. The van der Waals surface area contributed by atoms with Crippen LogP contribution < -0.4 is 16.0 Å². The van der Waals surface area contributed by atoms with E-state index in [1.165, 1.54) is 11.8 Å². The highest BCUT2D eigenvalue weighted by atomic mass is 32.2. The van der Waals surface area contributed by atoms with Crippen LogP contribution >= 0.6 is 11.8 Å². The van der Waals surface area contributed by atoms with Gasteiger partial charge in [-0.3, -0.25) is 24.6 Å². The molecule has 4 N–H and O–H groups in total. The number of nitrogens with zero attached hydrogens (tertiary/aromatic N) is 3. The zero-order chi connectivity index (χ0) is 33.2. The molecule has 5 rings (SSSR count). The number of hydrogen-bond donors (Lipinski definition) is 4. The Kier molecular flexibility index (Phi) is 10.8. The largest absolute Gasteiger partial charge is 0.361 e. The Morgan fingerprint density at radius 1 is 1.11 bits per heavy atom. The first-order valence-corrected chi connectivity index (χ1v) is 18.4. The molecule has 3 heterocycles. The first kappa shape index (κ1) is 34.7. The van der Waals surface area contributed by atoms with Crippen LogP contribution in [0.1, 0.15) is 85.5 Å². The highest BCUT2D eigenvalue weighted by molar-refractivity contribution is 8.03. The predicted molar refractivity (Wildman–Crippen MR) is 181 cm³/mol. The Bertz CT molecular complexity index is 1220. The lowest BCUT2D eigenvalue weighted by molar-refractivity contribution is -0.137. The number of hydrogen-bond acceptors (Lipinski definition) is 8. The third-order valence-corrected chi connectivity index (χ3v) is 12.7. The number of carbonyl (C=O) groups excluding carboxylic acids is 4. The molecule has 3 amide bonds. The molecule has 12 heteroatoms. The van der Waals surface area contributed by atoms with Crippen molar-refractivity contribution >= 4 is 41.1 Å². The van der Waals surface area contributed by atoms with Crippen molar-refractivity contribution in [2.75, 3.05) is 39.8 Å². The van der Waals surface area contributed by atoms with Gasteiger partial charge in [0.1, 0.15) is 10.9 Å². The van der Waals surface area contributed by atoms with Gasteiger partial charge in [0.15, 0.2) is 5.78 Å². The van der Waals surface area contributed by atoms with Crippen molar-refractivity contribution in [3.63, 3.8) is 0 Å². The molecule has 0 radical (unpaired) electrons. The zero-order valence-electron chi connectivity index (χ0n) is 28.4. The molecule has 5 aliphatic rings. The molecule has 0 aromatic heterocycles. The van der Waals surface area contributed by atoms with Crippen LogP contribution in [-0.2, 0) is 19.2 Å². The molecule has 1 spiro atoms. The highest BCUT2D eigenvalue weighted by Crippen LogP contribution is 2.54. The first-order chi connectivity index (χ1) is 21.9. The van der Waals surface area contributed by atoms with Crippen molar-refractivity contribution in [3.05, 3.63) is 11.6 Å². The summed E-state index contributed by atoms with van der Waals surface area (Å²) in [5, 5.41) is 19.2. The van der Waals surface area contributed by atoms with Gasteiger partial charge in [0, 0.05) is 51.4 Å². The molecule has 4 fully saturated rings. The lowest BCUT2D eigenvalue weighted by atomic mass is 9.92. The highest BCUT2D eigenvalue weighted by Gasteiger charge is 2.65. The Labute approximate surface area is 278 Å². The summed E-state index contributed by atoms with van der Waals surface area (Å²) in [5.41, 5.74) is -1.49. The minimum Gasteiger partial charge on any atom is -0.361 e. The molecule has 2 saturated carbocycles. The molecule has 11 nitrogen and oxygen atoms in total. The van der Waals surface area contributed by atoms with Gasteiger partial charge in [-0.05, 0) is 88.5 Å². The molecule has 3 aliphatic heterocycles. The maximum Gasteiger partial charge on any atom is 0.240 e. The molecule has 2 saturated heterocycles. The fraction of sp³-hybridized carbons (Fsp3) is 0.794. The number of rotatable bonds is 15. The van der Waals surface area contributed by atoms with Crippen molar-refractivity contribution < 1.29 is 19.2 Å². The van der Waals surface area contributed by atoms with Crippen LogP contribution in [0.2, 0.25) is 0 Å². The first-order valence-electron chi connectivity index (χ1n) is 17.4. The van der Waals surface area contributed by atoms with E-state index in [4.69, 9.17) is 5.41 Å². The van der Waals surface area contributed by atoms with Gasteiger partial charge in [-0.1, -0.05) is 32.0 Å². The molecule has 46 heavy (non-hydrogen) atoms. The lowest BCUT2D eigenvalue weighted by Gasteiger charge is -2.32. The average molecular weight is 658 g/mol. The normalized spacial score (nSPS) is 31.7. The Hall–Kier alpha value is -2.60. The summed E-state index contributed by atoms with van der Waals surface area (Å²) in [4.78, 5) is 59.1. The Morgan fingerprint density at radius 2 is 1.85 bits per heavy atom. The van der Waals surface area contributed by atoms with Crippen molar-refractivity contribution in [3.8, 4) is 0 Å². The average Bonchev–Trinajstić information content (AvgIpc) is 3.82. The van der Waals surface area contributed by atoms with E-state index in [0.29, 0.717) is 55.9 Å². The Morgan fingerprint density at radius 3 is 2.50 bits per heavy atom. The van der Waals surface area contributed by atoms with E-state index in [1.54, 1.807) is 4.90 Å². The number of amides is 3. The van der Waals surface area contributed by atoms with Crippen molar-refractivity contribution in [1.29, 1.82) is 5.41 Å². The van der Waals surface area contributed by atoms with Crippen LogP contribution in [0.3, 0.4) is 0 Å². The summed E-state index contributed by atoms with van der Waals surface area (Å²) in [6.07, 6.45) is 8.96. The van der Waals surface area contributed by atoms with Crippen LogP contribution in [0.5, 0.6) is 0 Å². The summed E-state index contributed by atoms with van der Waals surface area (Å²) < 4.78 is 0. The second kappa shape index (κ2) is 14.3. The minimum atomic E-state index is -0.901. The van der Waals surface area contributed by atoms with Crippen LogP contribution in [0.4, 0.5) is 0 Å². The Balaban J connectivity index is 1.09. The fourth-order valence-electron chi connectivity index (χ4n) is 7.72. The molecule has 256 valence electrons. The van der Waals surface area contributed by atoms with Crippen LogP contribution in [0.25, 0.3) is 0 Å². The maximum absolute atomic E-state index is 13.8. The van der Waals surface area contributed by atoms with E-state index >= 15 is 0 Å². The SMILES string of the molecule is CCC(C)C(C)NCCC1CC1(NC(=O)CN1CCC2(C[C@@H]2NC(=O)CCC2CCN(C(C)=N)CC2)C1=O)C(=O)C1SC=CN1C. The summed E-state index contributed by atoms with van der Waals surface area (Å²) in [7, 11) is 1.89. The van der Waals surface area contributed by atoms with E-state index in [1.807, 2.05) is 30.5 Å². The predicted octanol–water partition coefficient (Wildman–Crippen LogP) is 2.92. The van der Waals surface area contributed by atoms with Gasteiger partial charge >= 0.3 is 0 Å². The van der Waals surface area contributed by atoms with Crippen molar-refractivity contribution in [2.45, 2.75) is 108 Å². The van der Waals surface area contributed by atoms with Crippen LogP contribution in [0, 0.1) is 28.6 Å². The molecule has 0 bridgehead atoms. The quantitative estimate of drug-likeness (QED) is 0.156. The number of ketones is 1. The van der Waals surface area contributed by atoms with E-state index in [-0.39, 0.29) is 47.4 Å². The minimum absolute atomic E-state index is 0.00552. The van der Waals surface area contributed by atoms with Crippen molar-refractivity contribution in [2.24, 2.45) is 23.2 Å². The number of likely N-dealkylation sites (tertiary alicyclic amines) is 2. The zero-order valence-corrected chi connectivity index (χ0v) is 29.2. The number of amidine groups is 1. The number of piperidine rings is 1. The van der Waals surface area contributed by atoms with Gasteiger partial charge in [-0.2, -0.15) is 0 Å². The lowest BCUT2D eigenvalue weighted by Crippen LogP contribution is -2.53. The third-order valence-electron chi connectivity index (χ3n) is 11.6. The van der Waals surface area contributed by atoms with E-state index in [0.717, 1.165) is 51.7 Å². The van der Waals surface area contributed by atoms with Crippen molar-refractivity contribution in [1.82, 2.24) is 30.7 Å². The van der Waals surface area contributed by atoms with Gasteiger partial charge in [0.25, 0.3) is 0 Å². The van der Waals surface area contributed by atoms with Gasteiger partial charge < -0.3 is 30.7 Å². The molecule has 0 aromatic carbocycles. The number of carbonyl (C=O) groups is 4. The van der Waals surface area contributed by atoms with Gasteiger partial charge in [0.2, 0.25) is 17.7 Å². The summed E-state index contributed by atoms with van der Waals surface area (Å²) in [6.45, 7) is 11.4. The third kappa shape index (κ3) is 7.42. The van der Waals surface area contributed by atoms with E-state index < -0.39 is 11.0 Å². The topological polar surface area (TPSA) is 138 Å². The summed E-state index contributed by atoms with van der Waals surface area (Å²) in [5.74, 6) is 1.40.